The van der Waals surface area contributed by atoms with Crippen molar-refractivity contribution in [1.82, 2.24) is 19.7 Å². The number of benzene rings is 1. The molecule has 0 aliphatic carbocycles. The second-order valence-electron chi connectivity index (χ2n) is 6.20. The van der Waals surface area contributed by atoms with Gasteiger partial charge in [-0.3, -0.25) is 4.98 Å². The van der Waals surface area contributed by atoms with Gasteiger partial charge in [0.05, 0.1) is 22.9 Å². The molecule has 10 heteroatoms. The van der Waals surface area contributed by atoms with Crippen LogP contribution >= 0.6 is 0 Å². The van der Waals surface area contributed by atoms with Crippen LogP contribution in [0.25, 0.3) is 11.6 Å². The monoisotopic (exact) mass is 412 g/mol. The minimum absolute atomic E-state index is 0.237. The van der Waals surface area contributed by atoms with Crippen LogP contribution in [0.3, 0.4) is 0 Å². The van der Waals surface area contributed by atoms with Gasteiger partial charge in [0.25, 0.3) is 0 Å². The van der Waals surface area contributed by atoms with E-state index in [9.17, 15) is 26.3 Å². The van der Waals surface area contributed by atoms with Gasteiger partial charge in [-0.15, -0.1) is 0 Å². The molecule has 0 amide bonds. The highest BCUT2D eigenvalue weighted by Crippen LogP contribution is 2.33. The van der Waals surface area contributed by atoms with Crippen molar-refractivity contribution in [3.8, 4) is 0 Å². The molecule has 152 valence electrons. The Morgan fingerprint density at radius 3 is 2.03 bits per heavy atom. The first-order valence-corrected chi connectivity index (χ1v) is 8.32. The van der Waals surface area contributed by atoms with E-state index < -0.39 is 29.5 Å². The van der Waals surface area contributed by atoms with Gasteiger partial charge >= 0.3 is 12.4 Å². The number of alkyl halides is 6. The van der Waals surface area contributed by atoms with Gasteiger partial charge in [0.1, 0.15) is 12.7 Å². The molecular weight excluding hydrogens is 398 g/mol. The lowest BCUT2D eigenvalue weighted by Gasteiger charge is -2.17. The molecule has 4 nitrogen and oxygen atoms in total. The van der Waals surface area contributed by atoms with Crippen LogP contribution in [0, 0.1) is 0 Å². The van der Waals surface area contributed by atoms with Crippen LogP contribution in [0.2, 0.25) is 0 Å². The predicted molar refractivity (Wildman–Crippen MR) is 93.3 cm³/mol. The Hall–Kier alpha value is -3.17. The highest BCUT2D eigenvalue weighted by molar-refractivity contribution is 5.81. The summed E-state index contributed by atoms with van der Waals surface area (Å²) in [6.07, 6.45) is -4.00. The van der Waals surface area contributed by atoms with Gasteiger partial charge < -0.3 is 0 Å². The summed E-state index contributed by atoms with van der Waals surface area (Å²) in [5.74, 6) is 0. The number of hydrogen-bond donors (Lipinski definition) is 0. The number of hydrogen-bond acceptors (Lipinski definition) is 3. The third kappa shape index (κ3) is 4.82. The molecule has 0 fully saturated rings. The molecule has 0 aliphatic rings. The molecule has 0 saturated carbocycles. The molecule has 1 aromatic carbocycles. The number of aromatic nitrogens is 4. The van der Waals surface area contributed by atoms with E-state index in [1.54, 1.807) is 13.0 Å². The van der Waals surface area contributed by atoms with Crippen LogP contribution in [-0.4, -0.2) is 19.7 Å². The lowest BCUT2D eigenvalue weighted by Crippen LogP contribution is -2.10. The Morgan fingerprint density at radius 2 is 1.55 bits per heavy atom. The van der Waals surface area contributed by atoms with Crippen LogP contribution in [-0.2, 0) is 12.4 Å². The third-order valence-electron chi connectivity index (χ3n) is 4.23. The molecule has 0 N–H and O–H groups in total. The molecule has 2 aromatic heterocycles. The molecule has 29 heavy (non-hydrogen) atoms. The summed E-state index contributed by atoms with van der Waals surface area (Å²) in [6.45, 7) is 1.73. The molecule has 0 spiro atoms. The topological polar surface area (TPSA) is 43.6 Å². The Kier molecular flexibility index (Phi) is 5.45. The lowest BCUT2D eigenvalue weighted by atomic mass is 10.00. The minimum atomic E-state index is -4.53. The summed E-state index contributed by atoms with van der Waals surface area (Å²) in [5.41, 5.74) is -0.566. The fourth-order valence-electron chi connectivity index (χ4n) is 2.65. The first-order valence-electron chi connectivity index (χ1n) is 8.32. The largest absolute Gasteiger partial charge is 0.417 e. The number of pyridine rings is 1. The average molecular weight is 412 g/mol. The summed E-state index contributed by atoms with van der Waals surface area (Å²) in [4.78, 5) is 7.74. The molecule has 0 radical (unpaired) electrons. The van der Waals surface area contributed by atoms with Crippen LogP contribution in [0.15, 0.2) is 55.2 Å². The molecule has 1 atom stereocenters. The van der Waals surface area contributed by atoms with Gasteiger partial charge in [0, 0.05) is 11.8 Å². The van der Waals surface area contributed by atoms with Gasteiger partial charge in [0.2, 0.25) is 0 Å². The Morgan fingerprint density at radius 1 is 0.931 bits per heavy atom. The fourth-order valence-corrected chi connectivity index (χ4v) is 2.65. The predicted octanol–water partition coefficient (Wildman–Crippen LogP) is 5.51. The van der Waals surface area contributed by atoms with Crippen molar-refractivity contribution >= 4 is 11.6 Å². The van der Waals surface area contributed by atoms with Crippen molar-refractivity contribution in [3.63, 3.8) is 0 Å². The van der Waals surface area contributed by atoms with E-state index >= 15 is 0 Å². The van der Waals surface area contributed by atoms with Crippen molar-refractivity contribution in [2.24, 2.45) is 0 Å². The second-order valence-corrected chi connectivity index (χ2v) is 6.20. The third-order valence-corrected chi connectivity index (χ3v) is 4.23. The maximum atomic E-state index is 12.8. The standard InChI is InChI=1S/C19H14F6N4/c1-12(29-11-26-10-28-29)16(17-7-6-15(9-27-17)19(23,24)25)8-13-2-4-14(5-3-13)18(20,21)22/h2-12H,1H3. The molecule has 0 saturated heterocycles. The molecule has 0 aliphatic heterocycles. The van der Waals surface area contributed by atoms with E-state index in [4.69, 9.17) is 0 Å². The van der Waals surface area contributed by atoms with E-state index in [2.05, 4.69) is 15.1 Å². The normalized spacial score (nSPS) is 14.1. The molecule has 2 heterocycles. The van der Waals surface area contributed by atoms with Crippen molar-refractivity contribution < 1.29 is 26.3 Å². The molecular formula is C19H14F6N4. The van der Waals surface area contributed by atoms with Gasteiger partial charge in [-0.2, -0.15) is 31.4 Å². The number of nitrogens with zero attached hydrogens (tertiary/aromatic N) is 4. The first-order chi connectivity index (χ1) is 13.6. The SMILES string of the molecule is CC(C(=Cc1ccc(C(F)(F)F)cc1)c1ccc(C(F)(F)F)cn1)n1cncn1. The summed E-state index contributed by atoms with van der Waals surface area (Å²) in [7, 11) is 0. The summed E-state index contributed by atoms with van der Waals surface area (Å²) in [5, 5.41) is 4.02. The molecule has 3 rings (SSSR count). The van der Waals surface area contributed by atoms with Crippen LogP contribution in [0.1, 0.15) is 35.3 Å². The number of halogens is 6. The smallest absolute Gasteiger partial charge is 0.256 e. The van der Waals surface area contributed by atoms with E-state index in [-0.39, 0.29) is 5.69 Å². The Balaban J connectivity index is 2.03. The highest BCUT2D eigenvalue weighted by atomic mass is 19.4. The average Bonchev–Trinajstić information content (AvgIpc) is 3.19. The summed E-state index contributed by atoms with van der Waals surface area (Å²) >= 11 is 0. The summed E-state index contributed by atoms with van der Waals surface area (Å²) < 4.78 is 78.2. The molecule has 0 bridgehead atoms. The maximum Gasteiger partial charge on any atom is 0.417 e. The van der Waals surface area contributed by atoms with Gasteiger partial charge in [-0.1, -0.05) is 12.1 Å². The lowest BCUT2D eigenvalue weighted by molar-refractivity contribution is -0.138. The van der Waals surface area contributed by atoms with E-state index in [1.807, 2.05) is 0 Å². The second kappa shape index (κ2) is 7.69. The maximum absolute atomic E-state index is 12.8. The molecule has 3 aromatic rings. The van der Waals surface area contributed by atoms with E-state index in [1.165, 1.54) is 35.5 Å². The van der Waals surface area contributed by atoms with Crippen molar-refractivity contribution in [2.45, 2.75) is 25.3 Å². The van der Waals surface area contributed by atoms with Gasteiger partial charge in [0.15, 0.2) is 0 Å². The zero-order chi connectivity index (χ0) is 21.2. The van der Waals surface area contributed by atoms with E-state index in [0.29, 0.717) is 17.3 Å². The van der Waals surface area contributed by atoms with Crippen molar-refractivity contribution in [3.05, 3.63) is 77.6 Å². The zero-order valence-electron chi connectivity index (χ0n) is 14.9. The number of rotatable bonds is 4. The zero-order valence-corrected chi connectivity index (χ0v) is 14.9. The van der Waals surface area contributed by atoms with Crippen LogP contribution in [0.5, 0.6) is 0 Å². The summed E-state index contributed by atoms with van der Waals surface area (Å²) in [6, 6.07) is 6.06. The Labute approximate surface area is 161 Å². The first kappa shape index (κ1) is 20.6. The highest BCUT2D eigenvalue weighted by Gasteiger charge is 2.31. The quantitative estimate of drug-likeness (QED) is 0.531. The van der Waals surface area contributed by atoms with Gasteiger partial charge in [-0.05, 0) is 42.8 Å². The van der Waals surface area contributed by atoms with Crippen molar-refractivity contribution in [2.75, 3.05) is 0 Å². The number of allylic oxidation sites excluding steroid dienone is 1. The van der Waals surface area contributed by atoms with Crippen LogP contribution < -0.4 is 0 Å². The van der Waals surface area contributed by atoms with Crippen molar-refractivity contribution in [1.29, 1.82) is 0 Å². The Bertz CT molecular complexity index is 972. The fraction of sp³-hybridized carbons (Fsp3) is 0.211. The van der Waals surface area contributed by atoms with Gasteiger partial charge in [-0.25, -0.2) is 9.67 Å². The minimum Gasteiger partial charge on any atom is -0.256 e. The molecule has 1 unspecified atom stereocenters. The van der Waals surface area contributed by atoms with E-state index in [0.717, 1.165) is 18.2 Å². The van der Waals surface area contributed by atoms with Crippen LogP contribution in [0.4, 0.5) is 26.3 Å².